The first-order valence-electron chi connectivity index (χ1n) is 6.90. The molecule has 0 atom stereocenters. The number of hydrogen-bond acceptors (Lipinski definition) is 2. The summed E-state index contributed by atoms with van der Waals surface area (Å²) in [5.41, 5.74) is 3.75. The maximum absolute atomic E-state index is 12.6. The summed E-state index contributed by atoms with van der Waals surface area (Å²) in [5.74, 6) is -0.0826. The molecule has 1 heterocycles. The molecular weight excluding hydrogens is 316 g/mol. The average Bonchev–Trinajstić information content (AvgIpc) is 2.72. The summed E-state index contributed by atoms with van der Waals surface area (Å²) >= 11 is 3.42. The molecule has 2 aromatic rings. The van der Waals surface area contributed by atoms with Crippen LogP contribution in [0.5, 0.6) is 0 Å². The highest BCUT2D eigenvalue weighted by molar-refractivity contribution is 9.10. The van der Waals surface area contributed by atoms with Crippen LogP contribution in [0.25, 0.3) is 0 Å². The molecule has 0 saturated heterocycles. The topological polar surface area (TPSA) is 34.9 Å². The zero-order valence-corrected chi connectivity index (χ0v) is 13.7. The molecule has 2 rings (SSSR count). The van der Waals surface area contributed by atoms with Crippen molar-refractivity contribution in [1.82, 2.24) is 9.78 Å². The SMILES string of the molecule is CCCCc1c(C)nn(C(=O)c2ccccc2Br)c1C. The lowest BCUT2D eigenvalue weighted by molar-refractivity contribution is 0.0941. The van der Waals surface area contributed by atoms with Crippen molar-refractivity contribution in [2.24, 2.45) is 0 Å². The minimum absolute atomic E-state index is 0.0826. The van der Waals surface area contributed by atoms with Gasteiger partial charge < -0.3 is 0 Å². The van der Waals surface area contributed by atoms with Crippen LogP contribution in [0.3, 0.4) is 0 Å². The summed E-state index contributed by atoms with van der Waals surface area (Å²) in [5, 5.41) is 4.43. The van der Waals surface area contributed by atoms with E-state index in [0.717, 1.165) is 35.1 Å². The third kappa shape index (κ3) is 2.85. The molecule has 4 heteroatoms. The van der Waals surface area contributed by atoms with Crippen molar-refractivity contribution in [3.8, 4) is 0 Å². The van der Waals surface area contributed by atoms with E-state index in [9.17, 15) is 4.79 Å². The van der Waals surface area contributed by atoms with Crippen LogP contribution in [-0.2, 0) is 6.42 Å². The van der Waals surface area contributed by atoms with Crippen LogP contribution in [0.15, 0.2) is 28.7 Å². The van der Waals surface area contributed by atoms with Gasteiger partial charge in [0.25, 0.3) is 5.91 Å². The molecule has 0 unspecified atom stereocenters. The highest BCUT2D eigenvalue weighted by atomic mass is 79.9. The third-order valence-electron chi connectivity index (χ3n) is 3.52. The van der Waals surface area contributed by atoms with Crippen LogP contribution in [-0.4, -0.2) is 15.7 Å². The molecule has 0 saturated carbocycles. The normalized spacial score (nSPS) is 10.8. The van der Waals surface area contributed by atoms with Crippen molar-refractivity contribution in [2.75, 3.05) is 0 Å². The van der Waals surface area contributed by atoms with Crippen LogP contribution < -0.4 is 0 Å². The van der Waals surface area contributed by atoms with E-state index >= 15 is 0 Å². The molecule has 0 radical (unpaired) electrons. The lowest BCUT2D eigenvalue weighted by Gasteiger charge is -2.06. The number of benzene rings is 1. The smallest absolute Gasteiger partial charge is 0.267 e. The molecule has 20 heavy (non-hydrogen) atoms. The molecule has 1 aromatic heterocycles. The number of halogens is 1. The predicted molar refractivity (Wildman–Crippen MR) is 84.2 cm³/mol. The Balaban J connectivity index is 2.39. The van der Waals surface area contributed by atoms with Gasteiger partial charge in [-0.05, 0) is 60.3 Å². The fraction of sp³-hybridized carbons (Fsp3) is 0.375. The van der Waals surface area contributed by atoms with Gasteiger partial charge in [-0.1, -0.05) is 25.5 Å². The van der Waals surface area contributed by atoms with Gasteiger partial charge in [-0.15, -0.1) is 0 Å². The van der Waals surface area contributed by atoms with Crippen molar-refractivity contribution in [3.05, 3.63) is 51.3 Å². The summed E-state index contributed by atoms with van der Waals surface area (Å²) in [4.78, 5) is 12.6. The highest BCUT2D eigenvalue weighted by Crippen LogP contribution is 2.21. The Kier molecular flexibility index (Phi) is 4.76. The second-order valence-electron chi connectivity index (χ2n) is 4.95. The van der Waals surface area contributed by atoms with E-state index < -0.39 is 0 Å². The minimum atomic E-state index is -0.0826. The summed E-state index contributed by atoms with van der Waals surface area (Å²) in [7, 11) is 0. The highest BCUT2D eigenvalue weighted by Gasteiger charge is 2.18. The van der Waals surface area contributed by atoms with Crippen LogP contribution in [0.2, 0.25) is 0 Å². The first-order chi connectivity index (χ1) is 9.56. The van der Waals surface area contributed by atoms with Crippen molar-refractivity contribution < 1.29 is 4.79 Å². The first kappa shape index (κ1) is 15.0. The van der Waals surface area contributed by atoms with Crippen LogP contribution >= 0.6 is 15.9 Å². The molecule has 0 fully saturated rings. The molecule has 3 nitrogen and oxygen atoms in total. The van der Waals surface area contributed by atoms with Gasteiger partial charge in [0.1, 0.15) is 0 Å². The number of aryl methyl sites for hydroxylation is 1. The fourth-order valence-corrected chi connectivity index (χ4v) is 2.79. The Labute approximate surface area is 128 Å². The van der Waals surface area contributed by atoms with Gasteiger partial charge in [0.2, 0.25) is 0 Å². The molecule has 1 aromatic carbocycles. The van der Waals surface area contributed by atoms with Crippen LogP contribution in [0, 0.1) is 13.8 Å². The summed E-state index contributed by atoms with van der Waals surface area (Å²) in [6.45, 7) is 6.11. The second-order valence-corrected chi connectivity index (χ2v) is 5.80. The maximum Gasteiger partial charge on any atom is 0.279 e. The summed E-state index contributed by atoms with van der Waals surface area (Å²) in [6.07, 6.45) is 3.25. The maximum atomic E-state index is 12.6. The predicted octanol–water partition coefficient (Wildman–Crippen LogP) is 4.29. The van der Waals surface area contributed by atoms with Crippen LogP contribution in [0.1, 0.15) is 47.1 Å². The van der Waals surface area contributed by atoms with Gasteiger partial charge in [-0.3, -0.25) is 4.79 Å². The number of hydrogen-bond donors (Lipinski definition) is 0. The molecule has 0 N–H and O–H groups in total. The van der Waals surface area contributed by atoms with Gasteiger partial charge >= 0.3 is 0 Å². The zero-order valence-electron chi connectivity index (χ0n) is 12.1. The lowest BCUT2D eigenvalue weighted by atomic mass is 10.1. The lowest BCUT2D eigenvalue weighted by Crippen LogP contribution is -2.16. The van der Waals surface area contributed by atoms with Gasteiger partial charge in [-0.25, -0.2) is 4.68 Å². The zero-order chi connectivity index (χ0) is 14.7. The van der Waals surface area contributed by atoms with Gasteiger partial charge in [-0.2, -0.15) is 5.10 Å². The van der Waals surface area contributed by atoms with Crippen molar-refractivity contribution >= 4 is 21.8 Å². The van der Waals surface area contributed by atoms with E-state index in [1.165, 1.54) is 10.2 Å². The second kappa shape index (κ2) is 6.35. The monoisotopic (exact) mass is 334 g/mol. The molecule has 0 bridgehead atoms. The molecule has 0 aliphatic heterocycles. The number of carbonyl (C=O) groups excluding carboxylic acids is 1. The number of nitrogens with zero attached hydrogens (tertiary/aromatic N) is 2. The first-order valence-corrected chi connectivity index (χ1v) is 7.69. The van der Waals surface area contributed by atoms with E-state index in [1.807, 2.05) is 38.1 Å². The third-order valence-corrected chi connectivity index (χ3v) is 4.21. The average molecular weight is 335 g/mol. The molecule has 0 aliphatic carbocycles. The molecule has 106 valence electrons. The van der Waals surface area contributed by atoms with Crippen molar-refractivity contribution in [3.63, 3.8) is 0 Å². The fourth-order valence-electron chi connectivity index (χ4n) is 2.34. The minimum Gasteiger partial charge on any atom is -0.267 e. The van der Waals surface area contributed by atoms with E-state index in [2.05, 4.69) is 28.0 Å². The Morgan fingerprint density at radius 1 is 1.30 bits per heavy atom. The summed E-state index contributed by atoms with van der Waals surface area (Å²) < 4.78 is 2.33. The van der Waals surface area contributed by atoms with Gasteiger partial charge in [0, 0.05) is 10.2 Å². The number of aromatic nitrogens is 2. The summed E-state index contributed by atoms with van der Waals surface area (Å²) in [6, 6.07) is 7.45. The van der Waals surface area contributed by atoms with E-state index in [-0.39, 0.29) is 5.91 Å². The Bertz CT molecular complexity index is 631. The molecule has 0 amide bonds. The molecule has 0 spiro atoms. The van der Waals surface area contributed by atoms with E-state index in [4.69, 9.17) is 0 Å². The molecule has 0 aliphatic rings. The van der Waals surface area contributed by atoms with Gasteiger partial charge in [0.05, 0.1) is 11.3 Å². The largest absolute Gasteiger partial charge is 0.279 e. The van der Waals surface area contributed by atoms with Crippen molar-refractivity contribution in [2.45, 2.75) is 40.0 Å². The Hall–Kier alpha value is -1.42. The Morgan fingerprint density at radius 3 is 2.65 bits per heavy atom. The quantitative estimate of drug-likeness (QED) is 0.835. The van der Waals surface area contributed by atoms with Crippen molar-refractivity contribution in [1.29, 1.82) is 0 Å². The van der Waals surface area contributed by atoms with Crippen LogP contribution in [0.4, 0.5) is 0 Å². The van der Waals surface area contributed by atoms with E-state index in [0.29, 0.717) is 5.56 Å². The number of unbranched alkanes of at least 4 members (excludes halogenated alkanes) is 1. The molecular formula is C16H19BrN2O. The van der Waals surface area contributed by atoms with Gasteiger partial charge in [0.15, 0.2) is 0 Å². The Morgan fingerprint density at radius 2 is 2.00 bits per heavy atom. The van der Waals surface area contributed by atoms with E-state index in [1.54, 1.807) is 0 Å². The standard InChI is InChI=1S/C16H19BrN2O/c1-4-5-8-13-11(2)18-19(12(13)3)16(20)14-9-6-7-10-15(14)17/h6-7,9-10H,4-5,8H2,1-3H3. The number of carbonyl (C=O) groups is 1. The number of rotatable bonds is 4.